The molecule has 19 heavy (non-hydrogen) atoms. The fourth-order valence-electron chi connectivity index (χ4n) is 2.60. The van der Waals surface area contributed by atoms with Gasteiger partial charge in [0.15, 0.2) is 0 Å². The van der Waals surface area contributed by atoms with Crippen molar-refractivity contribution in [1.82, 2.24) is 0 Å². The molecule has 0 fully saturated rings. The van der Waals surface area contributed by atoms with E-state index in [1.165, 1.54) is 26.6 Å². The molecule has 0 amide bonds. The van der Waals surface area contributed by atoms with Crippen molar-refractivity contribution in [3.05, 3.63) is 59.7 Å². The molecule has 0 radical (unpaired) electrons. The smallest absolute Gasteiger partial charge is 0.142 e. The van der Waals surface area contributed by atoms with Gasteiger partial charge in [0.25, 0.3) is 0 Å². The van der Waals surface area contributed by atoms with Gasteiger partial charge >= 0.3 is 0 Å². The summed E-state index contributed by atoms with van der Waals surface area (Å²) in [6.45, 7) is 2.01. The second-order valence-electron chi connectivity index (χ2n) is 4.72. The summed E-state index contributed by atoms with van der Waals surface area (Å²) in [5.74, 6) is 0.964. The van der Waals surface area contributed by atoms with Gasteiger partial charge in [-0.15, -0.1) is 11.3 Å². The maximum absolute atomic E-state index is 5.94. The molecule has 0 unspecified atom stereocenters. The summed E-state index contributed by atoms with van der Waals surface area (Å²) >= 11 is 1.78. The van der Waals surface area contributed by atoms with E-state index >= 15 is 0 Å². The first-order valence-corrected chi connectivity index (χ1v) is 7.17. The Morgan fingerprint density at radius 2 is 1.79 bits per heavy atom. The number of thiophene rings is 1. The third-order valence-corrected chi connectivity index (χ3v) is 4.31. The average molecular weight is 264 g/mol. The van der Waals surface area contributed by atoms with Crippen LogP contribution in [0.2, 0.25) is 0 Å². The van der Waals surface area contributed by atoms with Crippen LogP contribution in [0.3, 0.4) is 0 Å². The van der Waals surface area contributed by atoms with Crippen molar-refractivity contribution >= 4 is 32.4 Å². The Hall–Kier alpha value is -2.06. The lowest BCUT2D eigenvalue weighted by Crippen LogP contribution is -1.78. The van der Waals surface area contributed by atoms with Crippen LogP contribution in [0, 0.1) is 6.92 Å². The standard InChI is InChI=1S/C17H12OS/c1-11-9-15-13-7-8-19-16(13)10-14(17(15)18-11)12-5-3-2-4-6-12/h2-10H,1H3. The molecule has 0 spiro atoms. The minimum atomic E-state index is 0.964. The lowest BCUT2D eigenvalue weighted by Gasteiger charge is -2.03. The Bertz CT molecular complexity index is 868. The number of benzene rings is 2. The zero-order chi connectivity index (χ0) is 12.8. The molecule has 0 bridgehead atoms. The summed E-state index contributed by atoms with van der Waals surface area (Å²) in [6.07, 6.45) is 0. The third kappa shape index (κ3) is 1.60. The van der Waals surface area contributed by atoms with Crippen LogP contribution >= 0.6 is 11.3 Å². The van der Waals surface area contributed by atoms with Crippen molar-refractivity contribution in [2.45, 2.75) is 6.92 Å². The van der Waals surface area contributed by atoms with Crippen LogP contribution in [0.5, 0.6) is 0 Å². The van der Waals surface area contributed by atoms with Crippen LogP contribution in [0.4, 0.5) is 0 Å². The van der Waals surface area contributed by atoms with E-state index < -0.39 is 0 Å². The topological polar surface area (TPSA) is 13.1 Å². The van der Waals surface area contributed by atoms with Crippen LogP contribution in [-0.4, -0.2) is 0 Å². The van der Waals surface area contributed by atoms with Crippen LogP contribution in [-0.2, 0) is 0 Å². The van der Waals surface area contributed by atoms with Gasteiger partial charge in [0, 0.05) is 21.0 Å². The van der Waals surface area contributed by atoms with E-state index in [1.54, 1.807) is 11.3 Å². The quantitative estimate of drug-likeness (QED) is 0.434. The molecule has 4 aromatic rings. The molecule has 2 aromatic heterocycles. The summed E-state index contributed by atoms with van der Waals surface area (Å²) in [5.41, 5.74) is 3.38. The highest BCUT2D eigenvalue weighted by molar-refractivity contribution is 7.17. The Kier molecular flexibility index (Phi) is 2.26. The molecule has 2 aromatic carbocycles. The number of rotatable bonds is 1. The van der Waals surface area contributed by atoms with Gasteiger partial charge in [-0.2, -0.15) is 0 Å². The number of hydrogen-bond donors (Lipinski definition) is 0. The zero-order valence-corrected chi connectivity index (χ0v) is 11.3. The van der Waals surface area contributed by atoms with Crippen molar-refractivity contribution in [2.75, 3.05) is 0 Å². The molecule has 0 atom stereocenters. The van der Waals surface area contributed by atoms with Crippen LogP contribution < -0.4 is 0 Å². The van der Waals surface area contributed by atoms with Crippen LogP contribution in [0.25, 0.3) is 32.2 Å². The zero-order valence-electron chi connectivity index (χ0n) is 10.5. The predicted molar refractivity (Wildman–Crippen MR) is 81.8 cm³/mol. The molecule has 0 aliphatic heterocycles. The highest BCUT2D eigenvalue weighted by atomic mass is 32.1. The molecule has 0 aliphatic carbocycles. The molecule has 0 aliphatic rings. The SMILES string of the molecule is Cc1cc2c(o1)c(-c1ccccc1)cc1sccc12. The highest BCUT2D eigenvalue weighted by Gasteiger charge is 2.13. The van der Waals surface area contributed by atoms with Crippen molar-refractivity contribution in [2.24, 2.45) is 0 Å². The fourth-order valence-corrected chi connectivity index (χ4v) is 3.44. The number of aryl methyl sites for hydroxylation is 1. The number of hydrogen-bond acceptors (Lipinski definition) is 2. The summed E-state index contributed by atoms with van der Waals surface area (Å²) < 4.78 is 7.25. The number of fused-ring (bicyclic) bond motifs is 3. The molecule has 92 valence electrons. The molecular weight excluding hydrogens is 252 g/mol. The largest absolute Gasteiger partial charge is 0.461 e. The van der Waals surface area contributed by atoms with Gasteiger partial charge in [-0.1, -0.05) is 30.3 Å². The molecule has 0 saturated heterocycles. The molecule has 1 nitrogen and oxygen atoms in total. The van der Waals surface area contributed by atoms with Crippen molar-refractivity contribution in [1.29, 1.82) is 0 Å². The van der Waals surface area contributed by atoms with Gasteiger partial charge in [-0.25, -0.2) is 0 Å². The van der Waals surface area contributed by atoms with Crippen molar-refractivity contribution < 1.29 is 4.42 Å². The van der Waals surface area contributed by atoms with E-state index in [4.69, 9.17) is 4.42 Å². The van der Waals surface area contributed by atoms with E-state index in [0.717, 1.165) is 11.3 Å². The highest BCUT2D eigenvalue weighted by Crippen LogP contribution is 2.38. The van der Waals surface area contributed by atoms with Crippen LogP contribution in [0.15, 0.2) is 58.3 Å². The molecule has 4 rings (SSSR count). The lowest BCUT2D eigenvalue weighted by molar-refractivity contribution is 0.579. The predicted octanol–water partition coefficient (Wildman–Crippen LogP) is 5.62. The van der Waals surface area contributed by atoms with Gasteiger partial charge in [-0.05, 0) is 36.1 Å². The summed E-state index contributed by atoms with van der Waals surface area (Å²) in [5, 5.41) is 4.65. The second kappa shape index (κ2) is 3.97. The molecule has 0 saturated carbocycles. The Morgan fingerprint density at radius 3 is 2.63 bits per heavy atom. The van der Waals surface area contributed by atoms with Gasteiger partial charge in [0.05, 0.1) is 0 Å². The van der Waals surface area contributed by atoms with Crippen molar-refractivity contribution in [3.63, 3.8) is 0 Å². The van der Waals surface area contributed by atoms with Crippen molar-refractivity contribution in [3.8, 4) is 11.1 Å². The van der Waals surface area contributed by atoms with E-state index in [1.807, 2.05) is 13.0 Å². The molecule has 2 heteroatoms. The minimum absolute atomic E-state index is 0.964. The van der Waals surface area contributed by atoms with E-state index in [-0.39, 0.29) is 0 Å². The first kappa shape index (κ1) is 10.8. The molecule has 2 heterocycles. The Morgan fingerprint density at radius 1 is 0.947 bits per heavy atom. The minimum Gasteiger partial charge on any atom is -0.461 e. The average Bonchev–Trinajstić information content (AvgIpc) is 3.03. The van der Waals surface area contributed by atoms with Gasteiger partial charge in [0.2, 0.25) is 0 Å². The third-order valence-electron chi connectivity index (χ3n) is 3.45. The maximum Gasteiger partial charge on any atom is 0.142 e. The van der Waals surface area contributed by atoms with Crippen LogP contribution in [0.1, 0.15) is 5.76 Å². The molecule has 0 N–H and O–H groups in total. The monoisotopic (exact) mass is 264 g/mol. The summed E-state index contributed by atoms with van der Waals surface area (Å²) in [4.78, 5) is 0. The summed E-state index contributed by atoms with van der Waals surface area (Å²) in [7, 11) is 0. The normalized spacial score (nSPS) is 11.4. The van der Waals surface area contributed by atoms with Gasteiger partial charge in [-0.3, -0.25) is 0 Å². The van der Waals surface area contributed by atoms with E-state index in [9.17, 15) is 0 Å². The molecular formula is C17H12OS. The first-order valence-electron chi connectivity index (χ1n) is 6.29. The second-order valence-corrected chi connectivity index (χ2v) is 5.67. The van der Waals surface area contributed by atoms with Gasteiger partial charge < -0.3 is 4.42 Å². The first-order chi connectivity index (χ1) is 9.33. The lowest BCUT2D eigenvalue weighted by atomic mass is 10.0. The summed E-state index contributed by atoms with van der Waals surface area (Å²) in [6, 6.07) is 17.0. The van der Waals surface area contributed by atoms with Gasteiger partial charge in [0.1, 0.15) is 11.3 Å². The number of furan rings is 1. The maximum atomic E-state index is 5.94. The van der Waals surface area contributed by atoms with E-state index in [2.05, 4.69) is 47.8 Å². The Labute approximate surface area is 115 Å². The Balaban J connectivity index is 2.18. The van der Waals surface area contributed by atoms with E-state index in [0.29, 0.717) is 0 Å². The fraction of sp³-hybridized carbons (Fsp3) is 0.0588.